The van der Waals surface area contributed by atoms with Crippen molar-refractivity contribution in [1.29, 1.82) is 0 Å². The monoisotopic (exact) mass is 579 g/mol. The molecule has 13 nitrogen and oxygen atoms in total. The quantitative estimate of drug-likeness (QED) is 0.162. The molecule has 3 rings (SSSR count). The van der Waals surface area contributed by atoms with Crippen LogP contribution in [0.3, 0.4) is 0 Å². The van der Waals surface area contributed by atoms with Gasteiger partial charge in [0.15, 0.2) is 5.72 Å². The average Bonchev–Trinajstić information content (AvgIpc) is 3.12. The molecule has 1 aromatic heterocycles. The number of nitrogens with one attached hydrogen (secondary N) is 2. The van der Waals surface area contributed by atoms with E-state index in [-0.39, 0.29) is 11.9 Å². The van der Waals surface area contributed by atoms with E-state index in [1.165, 1.54) is 26.0 Å². The second-order valence-corrected chi connectivity index (χ2v) is 11.1. The lowest BCUT2D eigenvalue weighted by atomic mass is 9.87. The zero-order chi connectivity index (χ0) is 29.7. The van der Waals surface area contributed by atoms with Gasteiger partial charge in [0.1, 0.15) is 30.1 Å². The molecule has 218 valence electrons. The Balaban J connectivity index is 1.87. The highest BCUT2D eigenvalue weighted by Crippen LogP contribution is 2.48. The molecule has 1 aliphatic heterocycles. The minimum atomic E-state index is -4.36. The van der Waals surface area contributed by atoms with Gasteiger partial charge in [-0.05, 0) is 38.8 Å². The van der Waals surface area contributed by atoms with E-state index in [0.717, 1.165) is 16.8 Å². The zero-order valence-electron chi connectivity index (χ0n) is 22.6. The smallest absolute Gasteiger partial charge is 0.459 e. The number of aliphatic hydroxyl groups is 2. The van der Waals surface area contributed by atoms with Gasteiger partial charge in [0, 0.05) is 12.3 Å². The number of nitrogens with zero attached hydrogens (tertiary/aromatic N) is 1. The number of hydrogen-bond donors (Lipinski definition) is 4. The van der Waals surface area contributed by atoms with Crippen LogP contribution < -0.4 is 20.9 Å². The number of H-pyrrole nitrogens is 1. The van der Waals surface area contributed by atoms with Gasteiger partial charge < -0.3 is 24.2 Å². The van der Waals surface area contributed by atoms with Gasteiger partial charge in [0.2, 0.25) is 5.60 Å². The third kappa shape index (κ3) is 6.39. The Morgan fingerprint density at radius 1 is 1.27 bits per heavy atom. The number of aromatic nitrogens is 2. The highest BCUT2D eigenvalue weighted by atomic mass is 31.2. The second kappa shape index (κ2) is 12.5. The van der Waals surface area contributed by atoms with E-state index in [4.69, 9.17) is 24.9 Å². The van der Waals surface area contributed by atoms with Crippen LogP contribution in [0.2, 0.25) is 0 Å². The third-order valence-electron chi connectivity index (χ3n) is 6.65. The van der Waals surface area contributed by atoms with Crippen LogP contribution in [0, 0.1) is 12.3 Å². The second-order valence-electron chi connectivity index (χ2n) is 9.40. The molecule has 0 radical (unpaired) electrons. The first kappa shape index (κ1) is 31.3. The first-order chi connectivity index (χ1) is 18.8. The molecule has 6 atom stereocenters. The van der Waals surface area contributed by atoms with Crippen molar-refractivity contribution in [2.75, 3.05) is 6.61 Å². The van der Waals surface area contributed by atoms with Crippen molar-refractivity contribution in [2.45, 2.75) is 76.2 Å². The fourth-order valence-corrected chi connectivity index (χ4v) is 5.73. The van der Waals surface area contributed by atoms with E-state index in [2.05, 4.69) is 11.0 Å². The molecule has 0 aliphatic carbocycles. The van der Waals surface area contributed by atoms with Crippen molar-refractivity contribution in [1.82, 2.24) is 14.6 Å². The van der Waals surface area contributed by atoms with E-state index in [0.29, 0.717) is 12.8 Å². The molecule has 4 N–H and O–H groups in total. The number of carbonyl (C=O) groups is 1. The van der Waals surface area contributed by atoms with Gasteiger partial charge in [-0.25, -0.2) is 9.36 Å². The molecular formula is C26H34N3O10P. The number of benzene rings is 1. The summed E-state index contributed by atoms with van der Waals surface area (Å²) in [7, 11) is -4.36. The number of terminal acetylenes is 1. The molecule has 1 fully saturated rings. The summed E-state index contributed by atoms with van der Waals surface area (Å²) in [4.78, 5) is 38.7. The molecule has 1 aliphatic rings. The summed E-state index contributed by atoms with van der Waals surface area (Å²) >= 11 is 0. The van der Waals surface area contributed by atoms with Crippen molar-refractivity contribution in [3.63, 3.8) is 0 Å². The molecule has 0 amide bonds. The Bertz CT molecular complexity index is 1390. The van der Waals surface area contributed by atoms with Gasteiger partial charge >= 0.3 is 19.4 Å². The first-order valence-electron chi connectivity index (χ1n) is 12.7. The van der Waals surface area contributed by atoms with Gasteiger partial charge in [0.05, 0.1) is 6.61 Å². The van der Waals surface area contributed by atoms with Gasteiger partial charge in [0.25, 0.3) is 5.56 Å². The van der Waals surface area contributed by atoms with Crippen molar-refractivity contribution in [3.8, 4) is 18.1 Å². The van der Waals surface area contributed by atoms with Gasteiger partial charge in [-0.1, -0.05) is 38.0 Å². The molecule has 14 heteroatoms. The van der Waals surface area contributed by atoms with Gasteiger partial charge in [-0.2, -0.15) is 5.09 Å². The molecule has 2 aromatic rings. The molecule has 0 bridgehead atoms. The predicted molar refractivity (Wildman–Crippen MR) is 143 cm³/mol. The highest BCUT2D eigenvalue weighted by Gasteiger charge is 2.64. The van der Waals surface area contributed by atoms with E-state index in [9.17, 15) is 29.2 Å². The zero-order valence-corrected chi connectivity index (χ0v) is 23.5. The molecule has 40 heavy (non-hydrogen) atoms. The number of carbonyl (C=O) groups excluding carboxylic acids is 1. The van der Waals surface area contributed by atoms with Crippen molar-refractivity contribution >= 4 is 13.7 Å². The SMILES string of the molecule is C#C[C@@]1(O)[C@H](O)[C@@H](COP(=O)(N[C@@H](C)C(=O)OC(CC)CC)Oc2ccccc2)O[C@@]1(C)n1ccc(=O)[nH]c1=O. The first-order valence-corrected chi connectivity index (χ1v) is 14.2. The number of esters is 1. The maximum atomic E-state index is 13.8. The Morgan fingerprint density at radius 3 is 2.50 bits per heavy atom. The van der Waals surface area contributed by atoms with Crippen LogP contribution in [0.4, 0.5) is 0 Å². The van der Waals surface area contributed by atoms with Crippen LogP contribution >= 0.6 is 7.75 Å². The van der Waals surface area contributed by atoms with E-state index in [1.54, 1.807) is 18.2 Å². The minimum Gasteiger partial charge on any atom is -0.461 e. The van der Waals surface area contributed by atoms with Crippen LogP contribution in [0.25, 0.3) is 0 Å². The number of hydrogen-bond acceptors (Lipinski definition) is 10. The summed E-state index contributed by atoms with van der Waals surface area (Å²) < 4.78 is 37.1. The number of aliphatic hydroxyl groups excluding tert-OH is 1. The lowest BCUT2D eigenvalue weighted by Crippen LogP contribution is -2.58. The summed E-state index contributed by atoms with van der Waals surface area (Å²) in [6, 6.07) is 7.90. The fourth-order valence-electron chi connectivity index (χ4n) is 4.22. The van der Waals surface area contributed by atoms with Crippen molar-refractivity contribution in [3.05, 3.63) is 63.4 Å². The van der Waals surface area contributed by atoms with E-state index in [1.807, 2.05) is 18.8 Å². The van der Waals surface area contributed by atoms with Crippen molar-refractivity contribution < 1.29 is 38.1 Å². The van der Waals surface area contributed by atoms with E-state index < -0.39 is 61.1 Å². The Morgan fingerprint density at radius 2 is 1.93 bits per heavy atom. The third-order valence-corrected chi connectivity index (χ3v) is 8.29. The molecule has 1 unspecified atom stereocenters. The molecule has 0 spiro atoms. The lowest BCUT2D eigenvalue weighted by Gasteiger charge is -2.36. The number of rotatable bonds is 12. The van der Waals surface area contributed by atoms with Crippen LogP contribution in [0.1, 0.15) is 40.5 Å². The molecule has 2 heterocycles. The predicted octanol–water partition coefficient (Wildman–Crippen LogP) is 1.25. The largest absolute Gasteiger partial charge is 0.461 e. The van der Waals surface area contributed by atoms with Crippen LogP contribution in [-0.4, -0.2) is 62.3 Å². The molecule has 1 aromatic carbocycles. The molecule has 1 saturated heterocycles. The molecule has 0 saturated carbocycles. The van der Waals surface area contributed by atoms with Crippen molar-refractivity contribution in [2.24, 2.45) is 0 Å². The van der Waals surface area contributed by atoms with Gasteiger partial charge in [-0.15, -0.1) is 6.42 Å². The summed E-state index contributed by atoms with van der Waals surface area (Å²) in [5.74, 6) is 1.53. The lowest BCUT2D eigenvalue weighted by molar-refractivity contribution is -0.161. The normalized spacial score (nSPS) is 26.6. The Labute approximate surface area is 231 Å². The summed E-state index contributed by atoms with van der Waals surface area (Å²) in [5, 5.41) is 24.7. The van der Waals surface area contributed by atoms with Crippen LogP contribution in [-0.2, 0) is 29.1 Å². The maximum absolute atomic E-state index is 13.8. The summed E-state index contributed by atoms with van der Waals surface area (Å²) in [6.07, 6.45) is 4.18. The Kier molecular flexibility index (Phi) is 9.79. The number of aromatic amines is 1. The molecular weight excluding hydrogens is 545 g/mol. The van der Waals surface area contributed by atoms with E-state index >= 15 is 0 Å². The topological polar surface area (TPSA) is 178 Å². The summed E-state index contributed by atoms with van der Waals surface area (Å²) in [6.45, 7) is 5.73. The summed E-state index contributed by atoms with van der Waals surface area (Å²) in [5.41, 5.74) is -6.20. The standard InChI is InChI=1S/C26H34N3O10P/c1-6-18(7-2)37-23(32)17(4)28-40(35,39-19-12-10-9-11-13-19)36-16-20-22(31)26(34,8-3)25(5,38-20)29-15-14-21(30)27-24(29)33/h3,9-15,17-18,20,22,31,34H,6-7,16H2,1-2,4-5H3,(H,28,35)(H,27,30,33)/t17-,20+,22+,25+,26+,40?/m0/s1. The average molecular weight is 580 g/mol. The maximum Gasteiger partial charge on any atom is 0.459 e. The highest BCUT2D eigenvalue weighted by molar-refractivity contribution is 7.52. The number of ether oxygens (including phenoxy) is 2. The van der Waals surface area contributed by atoms with Crippen LogP contribution in [0.5, 0.6) is 5.75 Å². The fraction of sp³-hybridized carbons (Fsp3) is 0.500. The Hall–Kier alpha value is -3.24. The minimum absolute atomic E-state index is 0.150. The number of para-hydroxylation sites is 1. The van der Waals surface area contributed by atoms with Crippen LogP contribution in [0.15, 0.2) is 52.2 Å². The van der Waals surface area contributed by atoms with Gasteiger partial charge in [-0.3, -0.25) is 23.7 Å².